The van der Waals surface area contributed by atoms with Gasteiger partial charge in [-0.2, -0.15) is 5.26 Å². The molecule has 0 bridgehead atoms. The van der Waals surface area contributed by atoms with Crippen LogP contribution >= 0.6 is 0 Å². The lowest BCUT2D eigenvalue weighted by atomic mass is 10.0. The minimum absolute atomic E-state index is 0.290. The maximum absolute atomic E-state index is 13.1. The molecule has 1 aliphatic rings. The second-order valence-corrected chi connectivity index (χ2v) is 5.45. The average Bonchev–Trinajstić information content (AvgIpc) is 2.39. The van der Waals surface area contributed by atoms with Gasteiger partial charge in [0.2, 0.25) is 0 Å². The first-order chi connectivity index (χ1) is 9.01. The van der Waals surface area contributed by atoms with Gasteiger partial charge in [-0.15, -0.1) is 0 Å². The second kappa shape index (κ2) is 5.64. The molecule has 1 saturated heterocycles. The summed E-state index contributed by atoms with van der Waals surface area (Å²) in [6.07, 6.45) is 2.92. The highest BCUT2D eigenvalue weighted by atomic mass is 19.1. The molecule has 4 nitrogen and oxygen atoms in total. The lowest BCUT2D eigenvalue weighted by Gasteiger charge is -2.40. The fraction of sp³-hybridized carbons (Fsp3) is 0.571. The van der Waals surface area contributed by atoms with Gasteiger partial charge in [0.05, 0.1) is 12.3 Å². The molecule has 0 aliphatic carbocycles. The summed E-state index contributed by atoms with van der Waals surface area (Å²) in [5, 5.41) is 9.12. The lowest BCUT2D eigenvalue weighted by molar-refractivity contribution is 0.0763. The maximum atomic E-state index is 13.1. The second-order valence-electron chi connectivity index (χ2n) is 5.45. The largest absolute Gasteiger partial charge is 0.296 e. The molecule has 19 heavy (non-hydrogen) atoms. The molecule has 0 aromatic carbocycles. The number of rotatable bonds is 3. The minimum Gasteiger partial charge on any atom is -0.296 e. The molecule has 0 unspecified atom stereocenters. The van der Waals surface area contributed by atoms with Crippen molar-refractivity contribution in [3.63, 3.8) is 0 Å². The molecule has 0 atom stereocenters. The van der Waals surface area contributed by atoms with Crippen molar-refractivity contribution in [3.8, 4) is 6.07 Å². The van der Waals surface area contributed by atoms with Crippen LogP contribution in [0.3, 0.4) is 0 Å². The number of hydrogen-bond donors (Lipinski definition) is 0. The Morgan fingerprint density at radius 2 is 2.00 bits per heavy atom. The van der Waals surface area contributed by atoms with Gasteiger partial charge in [0.25, 0.3) is 0 Å². The molecule has 5 heteroatoms. The van der Waals surface area contributed by atoms with Gasteiger partial charge < -0.3 is 0 Å². The van der Waals surface area contributed by atoms with Crippen molar-refractivity contribution in [1.29, 1.82) is 5.26 Å². The highest BCUT2D eigenvalue weighted by Crippen LogP contribution is 2.17. The summed E-state index contributed by atoms with van der Waals surface area (Å²) >= 11 is 0. The first kappa shape index (κ1) is 13.9. The molecule has 0 amide bonds. The fourth-order valence-electron chi connectivity index (χ4n) is 2.34. The predicted octanol–water partition coefficient (Wildman–Crippen LogP) is 1.64. The highest BCUT2D eigenvalue weighted by molar-refractivity contribution is 5.10. The van der Waals surface area contributed by atoms with E-state index < -0.39 is 5.54 Å². The molecule has 0 N–H and O–H groups in total. The molecule has 1 aliphatic heterocycles. The standard InChI is InChI=1S/C14H19FN4/c1-14(2,11-16)19-5-3-18(4-6-19)10-12-7-13(15)9-17-8-12/h7-9H,3-6,10H2,1-2H3. The Morgan fingerprint density at radius 3 is 2.58 bits per heavy atom. The molecule has 0 spiro atoms. The molecular formula is C14H19FN4. The van der Waals surface area contributed by atoms with Gasteiger partial charge in [-0.05, 0) is 25.5 Å². The van der Waals surface area contributed by atoms with E-state index in [0.29, 0.717) is 6.54 Å². The van der Waals surface area contributed by atoms with Crippen molar-refractivity contribution >= 4 is 0 Å². The number of nitriles is 1. The van der Waals surface area contributed by atoms with Crippen molar-refractivity contribution < 1.29 is 4.39 Å². The van der Waals surface area contributed by atoms with Crippen LogP contribution in [0.1, 0.15) is 19.4 Å². The van der Waals surface area contributed by atoms with E-state index in [4.69, 9.17) is 5.26 Å². The van der Waals surface area contributed by atoms with Crippen LogP contribution in [-0.4, -0.2) is 46.5 Å². The smallest absolute Gasteiger partial charge is 0.141 e. The molecule has 0 radical (unpaired) electrons. The summed E-state index contributed by atoms with van der Waals surface area (Å²) in [6, 6.07) is 3.86. The van der Waals surface area contributed by atoms with Crippen LogP contribution in [0.5, 0.6) is 0 Å². The van der Waals surface area contributed by atoms with Crippen LogP contribution in [0.15, 0.2) is 18.5 Å². The number of nitrogens with zero attached hydrogens (tertiary/aromatic N) is 4. The Kier molecular flexibility index (Phi) is 4.13. The van der Waals surface area contributed by atoms with Crippen molar-refractivity contribution in [2.45, 2.75) is 25.9 Å². The van der Waals surface area contributed by atoms with Crippen LogP contribution in [0, 0.1) is 17.1 Å². The SMILES string of the molecule is CC(C)(C#N)N1CCN(Cc2cncc(F)c2)CC1. The zero-order valence-corrected chi connectivity index (χ0v) is 11.4. The molecule has 102 valence electrons. The third-order valence-electron chi connectivity index (χ3n) is 3.60. The Morgan fingerprint density at radius 1 is 1.32 bits per heavy atom. The summed E-state index contributed by atoms with van der Waals surface area (Å²) in [5.74, 6) is -0.290. The van der Waals surface area contributed by atoms with E-state index in [1.807, 2.05) is 13.8 Å². The third-order valence-corrected chi connectivity index (χ3v) is 3.60. The minimum atomic E-state index is -0.410. The first-order valence-electron chi connectivity index (χ1n) is 6.49. The topological polar surface area (TPSA) is 43.2 Å². The van der Waals surface area contributed by atoms with Crippen molar-refractivity contribution in [3.05, 3.63) is 29.8 Å². The van der Waals surface area contributed by atoms with Gasteiger partial charge in [0, 0.05) is 38.9 Å². The maximum Gasteiger partial charge on any atom is 0.141 e. The van der Waals surface area contributed by atoms with Gasteiger partial charge in [0.15, 0.2) is 0 Å². The third kappa shape index (κ3) is 3.49. The summed E-state index contributed by atoms with van der Waals surface area (Å²) in [7, 11) is 0. The normalized spacial score (nSPS) is 18.2. The van der Waals surface area contributed by atoms with Gasteiger partial charge in [-0.1, -0.05) is 0 Å². The molecule has 1 aromatic heterocycles. The Bertz CT molecular complexity index is 473. The number of piperazine rings is 1. The van der Waals surface area contributed by atoms with Gasteiger partial charge >= 0.3 is 0 Å². The summed E-state index contributed by atoms with van der Waals surface area (Å²) < 4.78 is 13.1. The van der Waals surface area contributed by atoms with Crippen LogP contribution in [0.25, 0.3) is 0 Å². The van der Waals surface area contributed by atoms with E-state index in [1.54, 1.807) is 6.20 Å². The monoisotopic (exact) mass is 262 g/mol. The van der Waals surface area contributed by atoms with Crippen LogP contribution in [0.4, 0.5) is 4.39 Å². The van der Waals surface area contributed by atoms with E-state index in [1.165, 1.54) is 12.3 Å². The van der Waals surface area contributed by atoms with Gasteiger partial charge in [-0.3, -0.25) is 14.8 Å². The quantitative estimate of drug-likeness (QED) is 0.830. The summed E-state index contributed by atoms with van der Waals surface area (Å²) in [5.41, 5.74) is 0.486. The van der Waals surface area contributed by atoms with Crippen molar-refractivity contribution in [2.24, 2.45) is 0 Å². The van der Waals surface area contributed by atoms with Gasteiger partial charge in [-0.25, -0.2) is 4.39 Å². The van der Waals surface area contributed by atoms with Crippen LogP contribution in [0.2, 0.25) is 0 Å². The Balaban J connectivity index is 1.89. The summed E-state index contributed by atoms with van der Waals surface area (Å²) in [6.45, 7) is 8.11. The molecule has 0 saturated carbocycles. The van der Waals surface area contributed by atoms with Crippen LogP contribution in [-0.2, 0) is 6.54 Å². The zero-order valence-electron chi connectivity index (χ0n) is 11.4. The first-order valence-corrected chi connectivity index (χ1v) is 6.49. The van der Waals surface area contributed by atoms with E-state index in [2.05, 4.69) is 20.9 Å². The fourth-order valence-corrected chi connectivity index (χ4v) is 2.34. The summed E-state index contributed by atoms with van der Waals surface area (Å²) in [4.78, 5) is 8.31. The Labute approximate surface area is 113 Å². The van der Waals surface area contributed by atoms with E-state index >= 15 is 0 Å². The number of aromatic nitrogens is 1. The van der Waals surface area contributed by atoms with Crippen molar-refractivity contribution in [2.75, 3.05) is 26.2 Å². The highest BCUT2D eigenvalue weighted by Gasteiger charge is 2.29. The van der Waals surface area contributed by atoms with E-state index in [0.717, 1.165) is 31.7 Å². The molecule has 1 fully saturated rings. The average molecular weight is 262 g/mol. The molecule has 2 rings (SSSR count). The van der Waals surface area contributed by atoms with Crippen LogP contribution < -0.4 is 0 Å². The molecular weight excluding hydrogens is 243 g/mol. The number of pyridine rings is 1. The van der Waals surface area contributed by atoms with E-state index in [-0.39, 0.29) is 5.82 Å². The lowest BCUT2D eigenvalue weighted by Crippen LogP contribution is -2.53. The molecule has 1 aromatic rings. The van der Waals surface area contributed by atoms with E-state index in [9.17, 15) is 4.39 Å². The zero-order chi connectivity index (χ0) is 13.9. The molecule has 2 heterocycles. The number of halogens is 1. The Hall–Kier alpha value is -1.51. The van der Waals surface area contributed by atoms with Crippen molar-refractivity contribution in [1.82, 2.24) is 14.8 Å². The van der Waals surface area contributed by atoms with Gasteiger partial charge in [0.1, 0.15) is 11.4 Å². The number of hydrogen-bond acceptors (Lipinski definition) is 4. The predicted molar refractivity (Wildman–Crippen MR) is 70.7 cm³/mol.